The number of carbonyl (C=O) groups is 1. The van der Waals surface area contributed by atoms with Gasteiger partial charge in [-0.1, -0.05) is 30.3 Å². The third kappa shape index (κ3) is 7.90. The maximum Gasteiger partial charge on any atom is 0.223 e. The topological polar surface area (TPSA) is 60.0 Å². The van der Waals surface area contributed by atoms with Gasteiger partial charge in [0.1, 0.15) is 0 Å². The number of hydrogen-bond donors (Lipinski definition) is 2. The van der Waals surface area contributed by atoms with Gasteiger partial charge in [0.05, 0.1) is 0 Å². The van der Waals surface area contributed by atoms with Crippen molar-refractivity contribution >= 4 is 35.8 Å². The fourth-order valence-electron chi connectivity index (χ4n) is 2.98. The van der Waals surface area contributed by atoms with E-state index in [-0.39, 0.29) is 29.9 Å². The van der Waals surface area contributed by atoms with Crippen LogP contribution in [0.1, 0.15) is 24.8 Å². The lowest BCUT2D eigenvalue weighted by Gasteiger charge is -2.33. The predicted octanol–water partition coefficient (Wildman–Crippen LogP) is 1.91. The van der Waals surface area contributed by atoms with Gasteiger partial charge in [-0.25, -0.2) is 0 Å². The summed E-state index contributed by atoms with van der Waals surface area (Å²) in [5.74, 6) is 0.908. The van der Waals surface area contributed by atoms with Crippen molar-refractivity contribution in [3.05, 3.63) is 35.9 Å². The first-order chi connectivity index (χ1) is 12.1. The largest absolute Gasteiger partial charge is 0.356 e. The molecule has 0 aliphatic carbocycles. The Labute approximate surface area is 174 Å². The molecule has 1 amide bonds. The van der Waals surface area contributed by atoms with Crippen molar-refractivity contribution in [3.63, 3.8) is 0 Å². The lowest BCUT2D eigenvalue weighted by atomic mass is 10.0. The molecule has 1 saturated heterocycles. The molecule has 1 heterocycles. The minimum absolute atomic E-state index is 0. The van der Waals surface area contributed by atoms with Crippen LogP contribution in [-0.2, 0) is 11.3 Å². The smallest absolute Gasteiger partial charge is 0.223 e. The average molecular weight is 473 g/mol. The zero-order valence-corrected chi connectivity index (χ0v) is 18.4. The first kappa shape index (κ1) is 22.7. The quantitative estimate of drug-likeness (QED) is 0.377. The van der Waals surface area contributed by atoms with Crippen LogP contribution in [0, 0.1) is 0 Å². The van der Waals surface area contributed by atoms with Crippen molar-refractivity contribution in [2.45, 2.75) is 31.8 Å². The van der Waals surface area contributed by atoms with Crippen molar-refractivity contribution in [1.82, 2.24) is 20.4 Å². The molecule has 1 aromatic carbocycles. The standard InChI is InChI=1S/C19H31N5O.HI/c1-20-19(21-12-9-18(25)23(2)3)22-17-10-13-24(14-11-17)15-16-7-5-4-6-8-16;/h4-8,17H,9-15H2,1-3H3,(H2,20,21,22);1H. The first-order valence-corrected chi connectivity index (χ1v) is 9.02. The number of nitrogens with zero attached hydrogens (tertiary/aromatic N) is 3. The van der Waals surface area contributed by atoms with E-state index in [2.05, 4.69) is 50.9 Å². The second kappa shape index (κ2) is 12.1. The van der Waals surface area contributed by atoms with E-state index in [1.807, 2.05) is 0 Å². The molecule has 2 N–H and O–H groups in total. The van der Waals surface area contributed by atoms with Gasteiger partial charge in [-0.05, 0) is 18.4 Å². The Balaban J connectivity index is 0.00000338. The second-order valence-electron chi connectivity index (χ2n) is 6.72. The van der Waals surface area contributed by atoms with E-state index >= 15 is 0 Å². The van der Waals surface area contributed by atoms with Crippen molar-refractivity contribution in [3.8, 4) is 0 Å². The molecule has 6 nitrogen and oxygen atoms in total. The third-order valence-electron chi connectivity index (χ3n) is 4.53. The zero-order valence-electron chi connectivity index (χ0n) is 16.1. The molecule has 2 rings (SSSR count). The molecule has 1 aliphatic heterocycles. The molecular formula is C19H32IN5O. The van der Waals surface area contributed by atoms with E-state index in [0.717, 1.165) is 38.4 Å². The fourth-order valence-corrected chi connectivity index (χ4v) is 2.98. The summed E-state index contributed by atoms with van der Waals surface area (Å²) in [7, 11) is 5.32. The van der Waals surface area contributed by atoms with Gasteiger partial charge in [0.15, 0.2) is 5.96 Å². The minimum atomic E-state index is 0. The number of halogens is 1. The number of rotatable bonds is 6. The molecule has 0 unspecified atom stereocenters. The Morgan fingerprint density at radius 2 is 1.88 bits per heavy atom. The lowest BCUT2D eigenvalue weighted by Crippen LogP contribution is -2.48. The van der Waals surface area contributed by atoms with E-state index in [4.69, 9.17) is 0 Å². The fraction of sp³-hybridized carbons (Fsp3) is 0.579. The van der Waals surface area contributed by atoms with Crippen LogP contribution in [0.15, 0.2) is 35.3 Å². The van der Waals surface area contributed by atoms with Crippen LogP contribution < -0.4 is 10.6 Å². The van der Waals surface area contributed by atoms with E-state index in [1.165, 1.54) is 5.56 Å². The Bertz CT molecular complexity index is 556. The summed E-state index contributed by atoms with van der Waals surface area (Å²) in [6, 6.07) is 11.1. The maximum atomic E-state index is 11.6. The monoisotopic (exact) mass is 473 g/mol. The Morgan fingerprint density at radius 1 is 1.23 bits per heavy atom. The maximum absolute atomic E-state index is 11.6. The van der Waals surface area contributed by atoms with Crippen LogP contribution in [0.4, 0.5) is 0 Å². The molecule has 1 aromatic rings. The van der Waals surface area contributed by atoms with E-state index in [0.29, 0.717) is 19.0 Å². The Morgan fingerprint density at radius 3 is 2.46 bits per heavy atom. The number of nitrogens with one attached hydrogen (secondary N) is 2. The lowest BCUT2D eigenvalue weighted by molar-refractivity contribution is -0.128. The normalized spacial score (nSPS) is 15.9. The SMILES string of the molecule is CN=C(NCCC(=O)N(C)C)NC1CCN(Cc2ccccc2)CC1.I. The zero-order chi connectivity index (χ0) is 18.1. The summed E-state index contributed by atoms with van der Waals surface area (Å²) < 4.78 is 0. The molecule has 0 saturated carbocycles. The van der Waals surface area contributed by atoms with Crippen molar-refractivity contribution in [2.24, 2.45) is 4.99 Å². The van der Waals surface area contributed by atoms with Gasteiger partial charge in [0, 0.05) is 59.8 Å². The van der Waals surface area contributed by atoms with Crippen LogP contribution in [-0.4, -0.2) is 68.5 Å². The van der Waals surface area contributed by atoms with Crippen LogP contribution in [0.25, 0.3) is 0 Å². The number of aliphatic imine (C=N–C) groups is 1. The molecular weight excluding hydrogens is 441 g/mol. The number of piperidine rings is 1. The van der Waals surface area contributed by atoms with Crippen LogP contribution in [0.3, 0.4) is 0 Å². The van der Waals surface area contributed by atoms with Crippen LogP contribution >= 0.6 is 24.0 Å². The summed E-state index contributed by atoms with van der Waals surface area (Å²) in [5.41, 5.74) is 1.37. The molecule has 0 aromatic heterocycles. The minimum Gasteiger partial charge on any atom is -0.356 e. The van der Waals surface area contributed by atoms with Gasteiger partial charge in [-0.2, -0.15) is 0 Å². The highest BCUT2D eigenvalue weighted by atomic mass is 127. The van der Waals surface area contributed by atoms with Crippen LogP contribution in [0.2, 0.25) is 0 Å². The number of likely N-dealkylation sites (tertiary alicyclic amines) is 1. The van der Waals surface area contributed by atoms with Gasteiger partial charge in [0.2, 0.25) is 5.91 Å². The molecule has 0 spiro atoms. The Hall–Kier alpha value is -1.35. The van der Waals surface area contributed by atoms with Gasteiger partial charge in [0.25, 0.3) is 0 Å². The molecule has 0 bridgehead atoms. The second-order valence-corrected chi connectivity index (χ2v) is 6.72. The molecule has 1 aliphatic rings. The molecule has 1 fully saturated rings. The number of hydrogen-bond acceptors (Lipinski definition) is 3. The number of benzene rings is 1. The molecule has 146 valence electrons. The molecule has 26 heavy (non-hydrogen) atoms. The number of amides is 1. The Kier molecular flexibility index (Phi) is 10.6. The highest BCUT2D eigenvalue weighted by Gasteiger charge is 2.20. The molecule has 7 heteroatoms. The highest BCUT2D eigenvalue weighted by molar-refractivity contribution is 14.0. The number of guanidine groups is 1. The average Bonchev–Trinajstić information content (AvgIpc) is 2.63. The van der Waals surface area contributed by atoms with Gasteiger partial charge >= 0.3 is 0 Å². The molecule has 0 atom stereocenters. The van der Waals surface area contributed by atoms with E-state index in [9.17, 15) is 4.79 Å². The van der Waals surface area contributed by atoms with Crippen molar-refractivity contribution in [2.75, 3.05) is 40.8 Å². The summed E-state index contributed by atoms with van der Waals surface area (Å²) in [6.45, 7) is 3.79. The highest BCUT2D eigenvalue weighted by Crippen LogP contribution is 2.13. The van der Waals surface area contributed by atoms with Gasteiger partial charge < -0.3 is 15.5 Å². The summed E-state index contributed by atoms with van der Waals surface area (Å²) in [6.07, 6.45) is 2.68. The third-order valence-corrected chi connectivity index (χ3v) is 4.53. The summed E-state index contributed by atoms with van der Waals surface area (Å²) in [5, 5.41) is 6.71. The van der Waals surface area contributed by atoms with Crippen molar-refractivity contribution in [1.29, 1.82) is 0 Å². The number of carbonyl (C=O) groups excluding carboxylic acids is 1. The first-order valence-electron chi connectivity index (χ1n) is 9.02. The van der Waals surface area contributed by atoms with Crippen molar-refractivity contribution < 1.29 is 4.79 Å². The summed E-state index contributed by atoms with van der Waals surface area (Å²) >= 11 is 0. The molecule has 0 radical (unpaired) electrons. The van der Waals surface area contributed by atoms with E-state index in [1.54, 1.807) is 26.0 Å². The predicted molar refractivity (Wildman–Crippen MR) is 118 cm³/mol. The van der Waals surface area contributed by atoms with Crippen LogP contribution in [0.5, 0.6) is 0 Å². The van der Waals surface area contributed by atoms with Gasteiger partial charge in [-0.3, -0.25) is 14.7 Å². The summed E-state index contributed by atoms with van der Waals surface area (Å²) in [4.78, 5) is 20.0. The van der Waals surface area contributed by atoms with Gasteiger partial charge in [-0.15, -0.1) is 24.0 Å². The van der Waals surface area contributed by atoms with E-state index < -0.39 is 0 Å².